The number of hydrogen-bond donors (Lipinski definition) is 0. The van der Waals surface area contributed by atoms with E-state index in [1.165, 1.54) is 14.2 Å². The Morgan fingerprint density at radius 1 is 1.22 bits per heavy atom. The molecule has 0 aromatic heterocycles. The van der Waals surface area contributed by atoms with Crippen LogP contribution in [-0.4, -0.2) is 44.3 Å². The van der Waals surface area contributed by atoms with Gasteiger partial charge in [-0.3, -0.25) is 4.79 Å². The first-order valence-electron chi connectivity index (χ1n) is 7.36. The average Bonchev–Trinajstić information content (AvgIpc) is 2.50. The van der Waals surface area contributed by atoms with Crippen molar-refractivity contribution >= 4 is 5.91 Å². The van der Waals surface area contributed by atoms with Crippen LogP contribution in [0.15, 0.2) is 18.2 Å². The van der Waals surface area contributed by atoms with Gasteiger partial charge in [0.15, 0.2) is 0 Å². The van der Waals surface area contributed by atoms with Crippen LogP contribution < -0.4 is 9.47 Å². The number of rotatable bonds is 8. The van der Waals surface area contributed by atoms with Crippen molar-refractivity contribution in [1.29, 1.82) is 0 Å². The van der Waals surface area contributed by atoms with Crippen LogP contribution in [-0.2, 0) is 11.2 Å². The highest BCUT2D eigenvalue weighted by Gasteiger charge is 2.32. The van der Waals surface area contributed by atoms with Crippen molar-refractivity contribution < 1.29 is 27.4 Å². The first-order chi connectivity index (χ1) is 10.8. The second-order valence-electron chi connectivity index (χ2n) is 5.14. The van der Waals surface area contributed by atoms with Gasteiger partial charge in [0.05, 0.1) is 20.6 Å². The van der Waals surface area contributed by atoms with Crippen LogP contribution in [0.4, 0.5) is 13.2 Å². The van der Waals surface area contributed by atoms with Gasteiger partial charge in [-0.15, -0.1) is 0 Å². The molecule has 0 aliphatic carbocycles. The third kappa shape index (κ3) is 6.38. The summed E-state index contributed by atoms with van der Waals surface area (Å²) in [5.74, 6) is 0.383. The molecule has 0 heterocycles. The van der Waals surface area contributed by atoms with Gasteiger partial charge in [-0.25, -0.2) is 0 Å². The van der Waals surface area contributed by atoms with Gasteiger partial charge in [0, 0.05) is 12.1 Å². The minimum absolute atomic E-state index is 0.0845. The fourth-order valence-corrected chi connectivity index (χ4v) is 2.15. The van der Waals surface area contributed by atoms with Crippen molar-refractivity contribution in [2.45, 2.75) is 32.4 Å². The van der Waals surface area contributed by atoms with E-state index in [0.717, 1.165) is 4.90 Å². The minimum atomic E-state index is -4.41. The maximum absolute atomic E-state index is 12.7. The Balaban J connectivity index is 2.92. The standard InChI is InChI=1S/C16H22F3NO3/c1-4-5-8-20(11-16(17,18)19)15(21)10-12-9-13(22-2)6-7-14(12)23-3/h6-7,9H,4-5,8,10-11H2,1-3H3. The molecule has 0 radical (unpaired) electrons. The molecule has 1 aromatic rings. The fraction of sp³-hybridized carbons (Fsp3) is 0.562. The summed E-state index contributed by atoms with van der Waals surface area (Å²) in [7, 11) is 2.92. The number of methoxy groups -OCH3 is 2. The Labute approximate surface area is 134 Å². The molecule has 0 spiro atoms. The number of hydrogen-bond acceptors (Lipinski definition) is 3. The number of halogens is 3. The summed E-state index contributed by atoms with van der Waals surface area (Å²) in [4.78, 5) is 13.1. The molecule has 130 valence electrons. The van der Waals surface area contributed by atoms with Gasteiger partial charge < -0.3 is 14.4 Å². The van der Waals surface area contributed by atoms with Gasteiger partial charge in [0.2, 0.25) is 5.91 Å². The molecule has 0 saturated heterocycles. The smallest absolute Gasteiger partial charge is 0.406 e. The Bertz CT molecular complexity index is 518. The predicted molar refractivity (Wildman–Crippen MR) is 80.8 cm³/mol. The van der Waals surface area contributed by atoms with Crippen molar-refractivity contribution in [2.75, 3.05) is 27.3 Å². The molecule has 0 saturated carbocycles. The van der Waals surface area contributed by atoms with E-state index in [0.29, 0.717) is 29.9 Å². The molecule has 1 aromatic carbocycles. The average molecular weight is 333 g/mol. The lowest BCUT2D eigenvalue weighted by Gasteiger charge is -2.24. The third-order valence-corrected chi connectivity index (χ3v) is 3.33. The molecule has 0 bridgehead atoms. The van der Waals surface area contributed by atoms with Gasteiger partial charge in [0.25, 0.3) is 0 Å². The molecule has 0 N–H and O–H groups in total. The monoisotopic (exact) mass is 333 g/mol. The van der Waals surface area contributed by atoms with Crippen molar-refractivity contribution in [3.63, 3.8) is 0 Å². The summed E-state index contributed by atoms with van der Waals surface area (Å²) < 4.78 is 48.2. The number of unbranched alkanes of at least 4 members (excludes halogenated alkanes) is 1. The predicted octanol–water partition coefficient (Wildman–Crippen LogP) is 3.44. The molecule has 0 unspecified atom stereocenters. The zero-order chi connectivity index (χ0) is 17.5. The molecular formula is C16H22F3NO3. The van der Waals surface area contributed by atoms with Gasteiger partial charge in [-0.1, -0.05) is 13.3 Å². The van der Waals surface area contributed by atoms with E-state index in [4.69, 9.17) is 9.47 Å². The van der Waals surface area contributed by atoms with Crippen LogP contribution in [0.2, 0.25) is 0 Å². The maximum Gasteiger partial charge on any atom is 0.406 e. The number of amides is 1. The van der Waals surface area contributed by atoms with Crippen LogP contribution in [0.5, 0.6) is 11.5 Å². The van der Waals surface area contributed by atoms with Crippen LogP contribution in [0, 0.1) is 0 Å². The summed E-state index contributed by atoms with van der Waals surface area (Å²) in [6, 6.07) is 4.89. The maximum atomic E-state index is 12.7. The van der Waals surface area contributed by atoms with Crippen LogP contribution in [0.25, 0.3) is 0 Å². The van der Waals surface area contributed by atoms with Crippen LogP contribution >= 0.6 is 0 Å². The molecule has 1 rings (SSSR count). The Morgan fingerprint density at radius 2 is 1.91 bits per heavy atom. The molecule has 0 aliphatic heterocycles. The molecule has 7 heteroatoms. The number of nitrogens with zero attached hydrogens (tertiary/aromatic N) is 1. The SMILES string of the molecule is CCCCN(CC(F)(F)F)C(=O)Cc1cc(OC)ccc1OC. The van der Waals surface area contributed by atoms with E-state index in [1.807, 2.05) is 6.92 Å². The first-order valence-corrected chi connectivity index (χ1v) is 7.36. The van der Waals surface area contributed by atoms with E-state index in [1.54, 1.807) is 18.2 Å². The van der Waals surface area contributed by atoms with Crippen molar-refractivity contribution in [2.24, 2.45) is 0 Å². The number of carbonyl (C=O) groups is 1. The second kappa shape index (κ2) is 8.64. The molecule has 0 atom stereocenters. The van der Waals surface area contributed by atoms with Crippen molar-refractivity contribution in [3.8, 4) is 11.5 Å². The van der Waals surface area contributed by atoms with Gasteiger partial charge in [0.1, 0.15) is 18.0 Å². The topological polar surface area (TPSA) is 38.8 Å². The molecular weight excluding hydrogens is 311 g/mol. The van der Waals surface area contributed by atoms with E-state index >= 15 is 0 Å². The number of ether oxygens (including phenoxy) is 2. The highest BCUT2D eigenvalue weighted by molar-refractivity contribution is 5.79. The lowest BCUT2D eigenvalue weighted by molar-refractivity contribution is -0.160. The van der Waals surface area contributed by atoms with Gasteiger partial charge in [-0.2, -0.15) is 13.2 Å². The summed E-state index contributed by atoms with van der Waals surface area (Å²) >= 11 is 0. The highest BCUT2D eigenvalue weighted by atomic mass is 19.4. The summed E-state index contributed by atoms with van der Waals surface area (Å²) in [5, 5.41) is 0. The fourth-order valence-electron chi connectivity index (χ4n) is 2.15. The Morgan fingerprint density at radius 3 is 2.43 bits per heavy atom. The third-order valence-electron chi connectivity index (χ3n) is 3.33. The quantitative estimate of drug-likeness (QED) is 0.731. The highest BCUT2D eigenvalue weighted by Crippen LogP contribution is 2.25. The van der Waals surface area contributed by atoms with Crippen molar-refractivity contribution in [3.05, 3.63) is 23.8 Å². The minimum Gasteiger partial charge on any atom is -0.497 e. The van der Waals surface area contributed by atoms with E-state index in [2.05, 4.69) is 0 Å². The molecule has 1 amide bonds. The molecule has 4 nitrogen and oxygen atoms in total. The second-order valence-corrected chi connectivity index (χ2v) is 5.14. The lowest BCUT2D eigenvalue weighted by atomic mass is 10.1. The van der Waals surface area contributed by atoms with E-state index in [-0.39, 0.29) is 13.0 Å². The summed E-state index contributed by atoms with van der Waals surface area (Å²) in [6.07, 6.45) is -3.34. The molecule has 0 fully saturated rings. The number of benzene rings is 1. The zero-order valence-corrected chi connectivity index (χ0v) is 13.6. The lowest BCUT2D eigenvalue weighted by Crippen LogP contribution is -2.40. The summed E-state index contributed by atoms with van der Waals surface area (Å²) in [5.41, 5.74) is 0.500. The summed E-state index contributed by atoms with van der Waals surface area (Å²) in [6.45, 7) is 0.709. The van der Waals surface area contributed by atoms with Crippen molar-refractivity contribution in [1.82, 2.24) is 4.90 Å². The number of alkyl halides is 3. The largest absolute Gasteiger partial charge is 0.497 e. The Hall–Kier alpha value is -1.92. The molecule has 0 aliphatic rings. The van der Waals surface area contributed by atoms with Gasteiger partial charge in [-0.05, 0) is 24.6 Å². The van der Waals surface area contributed by atoms with E-state index in [9.17, 15) is 18.0 Å². The van der Waals surface area contributed by atoms with Crippen LogP contribution in [0.3, 0.4) is 0 Å². The first kappa shape index (κ1) is 19.1. The number of carbonyl (C=O) groups excluding carboxylic acids is 1. The van der Waals surface area contributed by atoms with E-state index < -0.39 is 18.6 Å². The molecule has 23 heavy (non-hydrogen) atoms. The van der Waals surface area contributed by atoms with Crippen LogP contribution in [0.1, 0.15) is 25.3 Å². The zero-order valence-electron chi connectivity index (χ0n) is 13.6. The normalized spacial score (nSPS) is 11.2. The Kier molecular flexibility index (Phi) is 7.19. The van der Waals surface area contributed by atoms with Gasteiger partial charge >= 0.3 is 6.18 Å².